The van der Waals surface area contributed by atoms with Gasteiger partial charge in [0, 0.05) is 16.2 Å². The zero-order valence-corrected chi connectivity index (χ0v) is 14.2. The second-order valence-electron chi connectivity index (χ2n) is 4.47. The Morgan fingerprint density at radius 1 is 1.36 bits per heavy atom. The third-order valence-electron chi connectivity index (χ3n) is 2.71. The van der Waals surface area contributed by atoms with Gasteiger partial charge in [-0.15, -0.1) is 0 Å². The van der Waals surface area contributed by atoms with Crippen molar-refractivity contribution in [3.05, 3.63) is 57.2 Å². The van der Waals surface area contributed by atoms with Gasteiger partial charge < -0.3 is 10.1 Å². The molecule has 0 spiro atoms. The monoisotopic (exact) mass is 379 g/mol. The molecule has 0 aliphatic rings. The van der Waals surface area contributed by atoms with Gasteiger partial charge in [0.15, 0.2) is 6.10 Å². The van der Waals surface area contributed by atoms with Crippen LogP contribution in [0.5, 0.6) is 0 Å². The first-order valence-corrected chi connectivity index (χ1v) is 8.25. The summed E-state index contributed by atoms with van der Waals surface area (Å²) in [4.78, 5) is 23.6. The molecule has 0 unspecified atom stereocenters. The highest BCUT2D eigenvalue weighted by atomic mass is 79.9. The summed E-state index contributed by atoms with van der Waals surface area (Å²) >= 11 is 4.86. The number of carbonyl (C=O) groups is 2. The Kier molecular flexibility index (Phi) is 5.91. The van der Waals surface area contributed by atoms with E-state index in [1.165, 1.54) is 13.0 Å². The van der Waals surface area contributed by atoms with Crippen molar-refractivity contribution in [2.75, 3.05) is 5.32 Å². The van der Waals surface area contributed by atoms with E-state index in [0.717, 1.165) is 10.0 Å². The SMILES string of the molecule is C[C@H](OC(=O)/C=C/c1ccsc1)C(=O)Nc1cccc(Br)c1. The normalized spacial score (nSPS) is 12.1. The van der Waals surface area contributed by atoms with E-state index < -0.39 is 12.1 Å². The van der Waals surface area contributed by atoms with Crippen LogP contribution in [-0.2, 0) is 14.3 Å². The molecule has 0 radical (unpaired) electrons. The number of carbonyl (C=O) groups excluding carboxylic acids is 2. The molecule has 2 rings (SSSR count). The summed E-state index contributed by atoms with van der Waals surface area (Å²) in [6.45, 7) is 1.53. The first kappa shape index (κ1) is 16.5. The highest BCUT2D eigenvalue weighted by Crippen LogP contribution is 2.16. The highest BCUT2D eigenvalue weighted by molar-refractivity contribution is 9.10. The summed E-state index contributed by atoms with van der Waals surface area (Å²) in [5.74, 6) is -0.932. The van der Waals surface area contributed by atoms with Gasteiger partial charge in [-0.3, -0.25) is 4.79 Å². The lowest BCUT2D eigenvalue weighted by Crippen LogP contribution is -2.29. The maximum Gasteiger partial charge on any atom is 0.331 e. The van der Waals surface area contributed by atoms with Crippen molar-refractivity contribution in [2.45, 2.75) is 13.0 Å². The molecule has 0 fully saturated rings. The molecular weight excluding hydrogens is 366 g/mol. The van der Waals surface area contributed by atoms with Gasteiger partial charge in [-0.25, -0.2) is 4.79 Å². The summed E-state index contributed by atoms with van der Waals surface area (Å²) in [6, 6.07) is 9.07. The molecule has 1 heterocycles. The number of hydrogen-bond acceptors (Lipinski definition) is 4. The lowest BCUT2D eigenvalue weighted by atomic mass is 10.3. The van der Waals surface area contributed by atoms with Crippen LogP contribution in [0.15, 0.2) is 51.6 Å². The van der Waals surface area contributed by atoms with E-state index in [-0.39, 0.29) is 5.91 Å². The molecule has 1 aromatic heterocycles. The van der Waals surface area contributed by atoms with Crippen molar-refractivity contribution >= 4 is 50.9 Å². The molecular formula is C16H14BrNO3S. The van der Waals surface area contributed by atoms with Crippen LogP contribution < -0.4 is 5.32 Å². The van der Waals surface area contributed by atoms with Crippen LogP contribution in [-0.4, -0.2) is 18.0 Å². The van der Waals surface area contributed by atoms with E-state index in [1.807, 2.05) is 22.9 Å². The van der Waals surface area contributed by atoms with Crippen molar-refractivity contribution < 1.29 is 14.3 Å². The number of ether oxygens (including phenoxy) is 1. The van der Waals surface area contributed by atoms with E-state index in [1.54, 1.807) is 35.6 Å². The Balaban J connectivity index is 1.87. The second-order valence-corrected chi connectivity index (χ2v) is 6.16. The lowest BCUT2D eigenvalue weighted by Gasteiger charge is -2.12. The number of halogens is 1. The van der Waals surface area contributed by atoms with Crippen LogP contribution in [0.3, 0.4) is 0 Å². The molecule has 0 saturated carbocycles. The average molecular weight is 380 g/mol. The van der Waals surface area contributed by atoms with Crippen LogP contribution >= 0.6 is 27.3 Å². The van der Waals surface area contributed by atoms with Crippen molar-refractivity contribution in [1.29, 1.82) is 0 Å². The summed E-state index contributed by atoms with van der Waals surface area (Å²) < 4.78 is 5.92. The molecule has 4 nitrogen and oxygen atoms in total. The first-order chi connectivity index (χ1) is 10.5. The Morgan fingerprint density at radius 3 is 2.86 bits per heavy atom. The quantitative estimate of drug-likeness (QED) is 0.628. The fourth-order valence-corrected chi connectivity index (χ4v) is 2.64. The van der Waals surface area contributed by atoms with E-state index in [2.05, 4.69) is 21.2 Å². The van der Waals surface area contributed by atoms with Gasteiger partial charge in [0.05, 0.1) is 0 Å². The summed E-state index contributed by atoms with van der Waals surface area (Å²) in [6.07, 6.45) is 2.08. The van der Waals surface area contributed by atoms with Gasteiger partial charge in [0.25, 0.3) is 5.91 Å². The number of hydrogen-bond donors (Lipinski definition) is 1. The zero-order chi connectivity index (χ0) is 15.9. The lowest BCUT2D eigenvalue weighted by molar-refractivity contribution is -0.148. The Morgan fingerprint density at radius 2 is 2.18 bits per heavy atom. The molecule has 0 saturated heterocycles. The fourth-order valence-electron chi connectivity index (χ4n) is 1.61. The van der Waals surface area contributed by atoms with E-state index in [0.29, 0.717) is 5.69 Å². The number of nitrogens with one attached hydrogen (secondary N) is 1. The standard InChI is InChI=1S/C16H14BrNO3S/c1-11(16(20)18-14-4-2-3-13(17)9-14)21-15(19)6-5-12-7-8-22-10-12/h2-11H,1H3,(H,18,20)/b6-5+/t11-/m0/s1. The third-order valence-corrected chi connectivity index (χ3v) is 3.90. The predicted molar refractivity (Wildman–Crippen MR) is 91.7 cm³/mol. The molecule has 0 bridgehead atoms. The minimum Gasteiger partial charge on any atom is -0.449 e. The molecule has 6 heteroatoms. The van der Waals surface area contributed by atoms with Crippen molar-refractivity contribution in [3.8, 4) is 0 Å². The number of thiophene rings is 1. The molecule has 2 aromatic rings. The summed E-state index contributed by atoms with van der Waals surface area (Å²) in [5.41, 5.74) is 1.56. The van der Waals surface area contributed by atoms with Crippen LogP contribution in [0.1, 0.15) is 12.5 Å². The van der Waals surface area contributed by atoms with Crippen LogP contribution in [0.4, 0.5) is 5.69 Å². The maximum atomic E-state index is 12.0. The summed E-state index contributed by atoms with van der Waals surface area (Å²) in [7, 11) is 0. The number of rotatable bonds is 5. The molecule has 114 valence electrons. The Bertz CT molecular complexity index is 682. The topological polar surface area (TPSA) is 55.4 Å². The molecule has 1 atom stereocenters. The van der Waals surface area contributed by atoms with Gasteiger partial charge in [0.2, 0.25) is 0 Å². The maximum absolute atomic E-state index is 12.0. The Labute approximate surface area is 140 Å². The average Bonchev–Trinajstić information content (AvgIpc) is 2.98. The van der Waals surface area contributed by atoms with Crippen molar-refractivity contribution in [1.82, 2.24) is 0 Å². The number of anilines is 1. The predicted octanol–water partition coefficient (Wildman–Crippen LogP) is 4.09. The van der Waals surface area contributed by atoms with Gasteiger partial charge >= 0.3 is 5.97 Å². The molecule has 22 heavy (non-hydrogen) atoms. The fraction of sp³-hybridized carbons (Fsp3) is 0.125. The number of esters is 1. The van der Waals surface area contributed by atoms with Crippen LogP contribution in [0.2, 0.25) is 0 Å². The minimum atomic E-state index is -0.876. The van der Waals surface area contributed by atoms with Crippen LogP contribution in [0, 0.1) is 0 Å². The third kappa shape index (κ3) is 5.13. The summed E-state index contributed by atoms with van der Waals surface area (Å²) in [5, 5.41) is 6.51. The number of benzene rings is 1. The molecule has 1 amide bonds. The van der Waals surface area contributed by atoms with Crippen molar-refractivity contribution in [3.63, 3.8) is 0 Å². The first-order valence-electron chi connectivity index (χ1n) is 6.52. The largest absolute Gasteiger partial charge is 0.449 e. The van der Waals surface area contributed by atoms with Gasteiger partial charge in [-0.1, -0.05) is 22.0 Å². The van der Waals surface area contributed by atoms with Crippen molar-refractivity contribution in [2.24, 2.45) is 0 Å². The van der Waals surface area contributed by atoms with Gasteiger partial charge in [-0.2, -0.15) is 11.3 Å². The smallest absolute Gasteiger partial charge is 0.331 e. The molecule has 1 aromatic carbocycles. The van der Waals surface area contributed by atoms with E-state index in [4.69, 9.17) is 4.74 Å². The van der Waals surface area contributed by atoms with Gasteiger partial charge in [-0.05, 0) is 53.6 Å². The molecule has 1 N–H and O–H groups in total. The van der Waals surface area contributed by atoms with E-state index in [9.17, 15) is 9.59 Å². The second kappa shape index (κ2) is 7.91. The highest BCUT2D eigenvalue weighted by Gasteiger charge is 2.16. The minimum absolute atomic E-state index is 0.379. The zero-order valence-electron chi connectivity index (χ0n) is 11.8. The number of amides is 1. The van der Waals surface area contributed by atoms with Crippen LogP contribution in [0.25, 0.3) is 6.08 Å². The van der Waals surface area contributed by atoms with E-state index >= 15 is 0 Å². The molecule has 0 aliphatic heterocycles. The van der Waals surface area contributed by atoms with Gasteiger partial charge in [0.1, 0.15) is 0 Å². The molecule has 0 aliphatic carbocycles. The Hall–Kier alpha value is -1.92.